The van der Waals surface area contributed by atoms with E-state index in [1.165, 1.54) is 4.70 Å². The van der Waals surface area contributed by atoms with Crippen LogP contribution in [0.5, 0.6) is 0 Å². The first-order valence-corrected chi connectivity index (χ1v) is 8.93. The van der Waals surface area contributed by atoms with Gasteiger partial charge < -0.3 is 10.2 Å². The first-order valence-electron chi connectivity index (χ1n) is 8.12. The Morgan fingerprint density at radius 2 is 1.88 bits per heavy atom. The van der Waals surface area contributed by atoms with Crippen molar-refractivity contribution in [2.24, 2.45) is 0 Å². The van der Waals surface area contributed by atoms with Gasteiger partial charge in [-0.1, -0.05) is 42.5 Å². The molecule has 2 atom stereocenters. The lowest BCUT2D eigenvalue weighted by Gasteiger charge is -2.20. The standard InChI is InChI=1S/C19H21N3OS/c1-14(19(23)20-12-15-8-4-3-5-9-15)22(2)13-18-21-16-10-6-7-11-17(16)24-18/h3-11,14H,12-13H2,1-2H3,(H,20,23)/p+1/t14-/m0/s1. The molecule has 0 aliphatic heterocycles. The van der Waals surface area contributed by atoms with Gasteiger partial charge in [0.05, 0.1) is 17.3 Å². The Labute approximate surface area is 146 Å². The van der Waals surface area contributed by atoms with Gasteiger partial charge in [0.25, 0.3) is 5.91 Å². The number of hydrogen-bond acceptors (Lipinski definition) is 3. The molecule has 0 saturated heterocycles. The molecule has 1 amide bonds. The molecule has 1 unspecified atom stereocenters. The molecule has 4 nitrogen and oxygen atoms in total. The van der Waals surface area contributed by atoms with E-state index in [4.69, 9.17) is 0 Å². The number of fused-ring (bicyclic) bond motifs is 1. The number of carbonyl (C=O) groups is 1. The molecular weight excluding hydrogens is 318 g/mol. The monoisotopic (exact) mass is 340 g/mol. The van der Waals surface area contributed by atoms with Crippen LogP contribution in [0.1, 0.15) is 17.5 Å². The quantitative estimate of drug-likeness (QED) is 0.721. The number of likely N-dealkylation sites (N-methyl/N-ethyl adjacent to an activating group) is 1. The number of amides is 1. The van der Waals surface area contributed by atoms with Crippen LogP contribution < -0.4 is 10.2 Å². The van der Waals surface area contributed by atoms with Crippen molar-refractivity contribution in [2.75, 3.05) is 7.05 Å². The maximum atomic E-state index is 12.4. The summed E-state index contributed by atoms with van der Waals surface area (Å²) in [6.07, 6.45) is 0. The summed E-state index contributed by atoms with van der Waals surface area (Å²) in [7, 11) is 2.04. The predicted molar refractivity (Wildman–Crippen MR) is 98.0 cm³/mol. The number of nitrogens with one attached hydrogen (secondary N) is 2. The Hall–Kier alpha value is -2.24. The summed E-state index contributed by atoms with van der Waals surface area (Å²) in [5.74, 6) is 0.0671. The first kappa shape index (κ1) is 16.6. The van der Waals surface area contributed by atoms with Crippen LogP contribution in [0.4, 0.5) is 0 Å². The SMILES string of the molecule is C[C@@H](C(=O)NCc1ccccc1)[NH+](C)Cc1nc2ccccc2s1. The molecule has 3 aromatic rings. The van der Waals surface area contributed by atoms with Crippen molar-refractivity contribution in [3.8, 4) is 0 Å². The maximum Gasteiger partial charge on any atom is 0.278 e. The van der Waals surface area contributed by atoms with Crippen molar-refractivity contribution in [1.29, 1.82) is 0 Å². The van der Waals surface area contributed by atoms with Crippen molar-refractivity contribution >= 4 is 27.5 Å². The fourth-order valence-electron chi connectivity index (χ4n) is 2.55. The van der Waals surface area contributed by atoms with Gasteiger partial charge in [-0.3, -0.25) is 4.79 Å². The summed E-state index contributed by atoms with van der Waals surface area (Å²) in [4.78, 5) is 18.2. The van der Waals surface area contributed by atoms with Crippen LogP contribution in [-0.2, 0) is 17.9 Å². The zero-order chi connectivity index (χ0) is 16.9. The molecule has 0 fully saturated rings. The fraction of sp³-hybridized carbons (Fsp3) is 0.263. The molecule has 0 spiro atoms. The first-order chi connectivity index (χ1) is 11.6. The lowest BCUT2D eigenvalue weighted by atomic mass is 10.2. The van der Waals surface area contributed by atoms with Gasteiger partial charge in [0.2, 0.25) is 0 Å². The number of para-hydroxylation sites is 1. The Morgan fingerprint density at radius 1 is 1.17 bits per heavy atom. The van der Waals surface area contributed by atoms with Gasteiger partial charge in [-0.05, 0) is 24.6 Å². The second-order valence-corrected chi connectivity index (χ2v) is 7.14. The third-order valence-electron chi connectivity index (χ3n) is 4.21. The molecule has 2 aromatic carbocycles. The van der Waals surface area contributed by atoms with Crippen molar-refractivity contribution in [3.63, 3.8) is 0 Å². The number of carbonyl (C=O) groups excluding carboxylic acids is 1. The number of hydrogen-bond donors (Lipinski definition) is 2. The van der Waals surface area contributed by atoms with E-state index in [-0.39, 0.29) is 11.9 Å². The van der Waals surface area contributed by atoms with Gasteiger partial charge in [0.15, 0.2) is 6.04 Å². The summed E-state index contributed by atoms with van der Waals surface area (Å²) < 4.78 is 1.20. The molecule has 124 valence electrons. The molecule has 0 bridgehead atoms. The molecule has 1 heterocycles. The summed E-state index contributed by atoms with van der Waals surface area (Å²) in [5, 5.41) is 4.08. The molecule has 0 radical (unpaired) electrons. The maximum absolute atomic E-state index is 12.4. The van der Waals surface area contributed by atoms with Crippen molar-refractivity contribution in [1.82, 2.24) is 10.3 Å². The minimum Gasteiger partial charge on any atom is -0.347 e. The summed E-state index contributed by atoms with van der Waals surface area (Å²) in [5.41, 5.74) is 2.15. The molecule has 0 aliphatic rings. The largest absolute Gasteiger partial charge is 0.347 e. The van der Waals surface area contributed by atoms with Crippen LogP contribution in [0.15, 0.2) is 54.6 Å². The van der Waals surface area contributed by atoms with Crippen molar-refractivity contribution in [3.05, 3.63) is 65.2 Å². The fourth-order valence-corrected chi connectivity index (χ4v) is 3.61. The van der Waals surface area contributed by atoms with Crippen LogP contribution in [0.2, 0.25) is 0 Å². The highest BCUT2D eigenvalue weighted by Gasteiger charge is 2.22. The molecule has 0 aliphatic carbocycles. The topological polar surface area (TPSA) is 46.4 Å². The molecule has 5 heteroatoms. The van der Waals surface area contributed by atoms with E-state index in [9.17, 15) is 4.79 Å². The summed E-state index contributed by atoms with van der Waals surface area (Å²) in [6.45, 7) is 3.28. The van der Waals surface area contributed by atoms with Crippen molar-refractivity contribution in [2.45, 2.75) is 26.1 Å². The van der Waals surface area contributed by atoms with Gasteiger partial charge in [-0.25, -0.2) is 4.98 Å². The highest BCUT2D eigenvalue weighted by Crippen LogP contribution is 2.20. The van der Waals surface area contributed by atoms with Gasteiger partial charge >= 0.3 is 0 Å². The number of quaternary nitrogens is 1. The van der Waals surface area contributed by atoms with Crippen LogP contribution >= 0.6 is 11.3 Å². The highest BCUT2D eigenvalue weighted by atomic mass is 32.1. The molecule has 1 aromatic heterocycles. The van der Waals surface area contributed by atoms with E-state index >= 15 is 0 Å². The summed E-state index contributed by atoms with van der Waals surface area (Å²) >= 11 is 1.70. The number of nitrogens with zero attached hydrogens (tertiary/aromatic N) is 1. The zero-order valence-corrected chi connectivity index (χ0v) is 14.8. The van der Waals surface area contributed by atoms with Gasteiger partial charge in [0.1, 0.15) is 11.6 Å². The van der Waals surface area contributed by atoms with Crippen molar-refractivity contribution < 1.29 is 9.69 Å². The lowest BCUT2D eigenvalue weighted by Crippen LogP contribution is -3.12. The number of thiazole rings is 1. The van der Waals surface area contributed by atoms with E-state index < -0.39 is 0 Å². The van der Waals surface area contributed by atoms with Gasteiger partial charge in [-0.2, -0.15) is 0 Å². The Balaban J connectivity index is 1.57. The molecule has 3 rings (SSSR count). The van der Waals surface area contributed by atoms with E-state index in [0.29, 0.717) is 6.54 Å². The average Bonchev–Trinajstić information content (AvgIpc) is 3.02. The van der Waals surface area contributed by atoms with Crippen LogP contribution in [-0.4, -0.2) is 24.0 Å². The molecule has 0 saturated carbocycles. The second kappa shape index (κ2) is 7.55. The van der Waals surface area contributed by atoms with E-state index in [0.717, 1.165) is 27.5 Å². The zero-order valence-electron chi connectivity index (χ0n) is 14.0. The van der Waals surface area contributed by atoms with E-state index in [2.05, 4.69) is 16.4 Å². The Morgan fingerprint density at radius 3 is 2.62 bits per heavy atom. The number of rotatable bonds is 6. The highest BCUT2D eigenvalue weighted by molar-refractivity contribution is 7.18. The lowest BCUT2D eigenvalue weighted by molar-refractivity contribution is -0.908. The predicted octanol–water partition coefficient (Wildman–Crippen LogP) is 2.02. The molecule has 24 heavy (non-hydrogen) atoms. The van der Waals surface area contributed by atoms with E-state index in [1.54, 1.807) is 11.3 Å². The van der Waals surface area contributed by atoms with Crippen LogP contribution in [0.3, 0.4) is 0 Å². The van der Waals surface area contributed by atoms with E-state index in [1.807, 2.05) is 62.5 Å². The second-order valence-electron chi connectivity index (χ2n) is 6.02. The Kier molecular flexibility index (Phi) is 5.23. The number of benzene rings is 2. The number of aromatic nitrogens is 1. The normalized spacial score (nSPS) is 13.6. The third kappa shape index (κ3) is 3.99. The van der Waals surface area contributed by atoms with Gasteiger partial charge in [0, 0.05) is 6.54 Å². The summed E-state index contributed by atoms with van der Waals surface area (Å²) in [6, 6.07) is 18.0. The minimum atomic E-state index is -0.124. The van der Waals surface area contributed by atoms with Gasteiger partial charge in [-0.15, -0.1) is 11.3 Å². The molecular formula is C19H22N3OS+. The van der Waals surface area contributed by atoms with Crippen LogP contribution in [0.25, 0.3) is 10.2 Å². The Bertz CT molecular complexity index is 783. The molecule has 2 N–H and O–H groups in total. The van der Waals surface area contributed by atoms with Crippen LogP contribution in [0, 0.1) is 0 Å². The smallest absolute Gasteiger partial charge is 0.278 e. The third-order valence-corrected chi connectivity index (χ3v) is 5.25. The average molecular weight is 340 g/mol. The minimum absolute atomic E-state index is 0.0671.